The lowest BCUT2D eigenvalue weighted by Crippen LogP contribution is -2.31. The Hall–Kier alpha value is -1.07. The van der Waals surface area contributed by atoms with Crippen molar-refractivity contribution in [3.05, 3.63) is 10.4 Å². The third-order valence-electron chi connectivity index (χ3n) is 4.45. The van der Waals surface area contributed by atoms with Crippen LogP contribution in [-0.2, 0) is 0 Å². The van der Waals surface area contributed by atoms with Gasteiger partial charge in [-0.25, -0.2) is 0 Å². The zero-order valence-corrected chi connectivity index (χ0v) is 13.3. The Labute approximate surface area is 124 Å². The lowest BCUT2D eigenvalue weighted by molar-refractivity contribution is 0.102. The molecule has 20 heavy (non-hydrogen) atoms. The summed E-state index contributed by atoms with van der Waals surface area (Å²) in [6.07, 6.45) is 3.62. The Kier molecular flexibility index (Phi) is 3.50. The van der Waals surface area contributed by atoms with Gasteiger partial charge in [0, 0.05) is 31.6 Å². The molecule has 1 atom stereocenters. The molecule has 0 amide bonds. The first-order valence-corrected chi connectivity index (χ1v) is 8.15. The van der Waals surface area contributed by atoms with E-state index in [1.54, 1.807) is 18.3 Å². The number of likely N-dealkylation sites (N-methyl/N-ethyl adjacent to an activating group) is 1. The van der Waals surface area contributed by atoms with Crippen LogP contribution in [0, 0.1) is 0 Å². The molecule has 2 N–H and O–H groups in total. The average molecular weight is 293 g/mol. The molecule has 1 aliphatic heterocycles. The van der Waals surface area contributed by atoms with Gasteiger partial charge in [-0.1, -0.05) is 0 Å². The van der Waals surface area contributed by atoms with E-state index < -0.39 is 0 Å². The monoisotopic (exact) mass is 293 g/mol. The highest BCUT2D eigenvalue weighted by atomic mass is 32.1. The number of carbonyl (C=O) groups excluding carboxylic acids is 1. The molecular formula is C15H23N3OS. The van der Waals surface area contributed by atoms with Crippen molar-refractivity contribution >= 4 is 27.8 Å². The fourth-order valence-electron chi connectivity index (χ4n) is 3.05. The van der Waals surface area contributed by atoms with E-state index in [1.807, 2.05) is 0 Å². The number of hydrogen-bond acceptors (Lipinski definition) is 5. The van der Waals surface area contributed by atoms with E-state index >= 15 is 0 Å². The van der Waals surface area contributed by atoms with E-state index in [1.165, 1.54) is 29.8 Å². The minimum absolute atomic E-state index is 0.101. The normalized spacial score (nSPS) is 22.8. The molecule has 2 fully saturated rings. The lowest BCUT2D eigenvalue weighted by Gasteiger charge is -2.21. The Bertz CT molecular complexity index is 533. The summed E-state index contributed by atoms with van der Waals surface area (Å²) in [6, 6.07) is 0.603. The van der Waals surface area contributed by atoms with E-state index in [0.717, 1.165) is 23.7 Å². The van der Waals surface area contributed by atoms with Crippen LogP contribution in [0.15, 0.2) is 0 Å². The highest BCUT2D eigenvalue weighted by Crippen LogP contribution is 2.52. The Morgan fingerprint density at radius 1 is 1.35 bits per heavy atom. The summed E-state index contributed by atoms with van der Waals surface area (Å²) in [7, 11) is 4.28. The van der Waals surface area contributed by atoms with Gasteiger partial charge in [-0.2, -0.15) is 0 Å². The third kappa shape index (κ3) is 2.33. The predicted octanol–water partition coefficient (Wildman–Crippen LogP) is 2.55. The standard InChI is InChI=1S/C15H23N3OS/c1-9(19)14-13(16)12(10-4-5-10)15(20-14)18-7-6-11(8-18)17(2)3/h10-11H,4-8,16H2,1-3H3. The molecule has 5 heteroatoms. The van der Waals surface area contributed by atoms with E-state index in [0.29, 0.717) is 12.0 Å². The van der Waals surface area contributed by atoms with Gasteiger partial charge in [-0.15, -0.1) is 11.3 Å². The molecule has 110 valence electrons. The van der Waals surface area contributed by atoms with Gasteiger partial charge in [-0.3, -0.25) is 4.79 Å². The second kappa shape index (κ2) is 5.04. The molecule has 0 bridgehead atoms. The van der Waals surface area contributed by atoms with Crippen molar-refractivity contribution < 1.29 is 4.79 Å². The van der Waals surface area contributed by atoms with E-state index in [2.05, 4.69) is 23.9 Å². The van der Waals surface area contributed by atoms with Crippen LogP contribution in [-0.4, -0.2) is 43.9 Å². The lowest BCUT2D eigenvalue weighted by atomic mass is 10.1. The number of nitrogens with zero attached hydrogens (tertiary/aromatic N) is 2. The first-order valence-electron chi connectivity index (χ1n) is 7.33. The Balaban J connectivity index is 1.93. The van der Waals surface area contributed by atoms with Gasteiger partial charge in [0.25, 0.3) is 0 Å². The molecule has 1 saturated carbocycles. The number of hydrogen-bond donors (Lipinski definition) is 1. The molecule has 1 aliphatic carbocycles. The van der Waals surface area contributed by atoms with Gasteiger partial charge in [-0.05, 0) is 39.3 Å². The number of nitrogen functional groups attached to an aromatic ring is 1. The summed E-state index contributed by atoms with van der Waals surface area (Å²) in [4.78, 5) is 17.3. The predicted molar refractivity (Wildman–Crippen MR) is 85.0 cm³/mol. The van der Waals surface area contributed by atoms with Crippen LogP contribution in [0.3, 0.4) is 0 Å². The molecule has 1 aromatic heterocycles. The van der Waals surface area contributed by atoms with Crippen molar-refractivity contribution in [2.45, 2.75) is 38.1 Å². The van der Waals surface area contributed by atoms with E-state index in [-0.39, 0.29) is 5.78 Å². The molecule has 1 saturated heterocycles. The summed E-state index contributed by atoms with van der Waals surface area (Å²) < 4.78 is 0. The Morgan fingerprint density at radius 2 is 2.05 bits per heavy atom. The van der Waals surface area contributed by atoms with Crippen molar-refractivity contribution in [3.63, 3.8) is 0 Å². The Morgan fingerprint density at radius 3 is 2.55 bits per heavy atom. The van der Waals surface area contributed by atoms with Crippen LogP contribution in [0.1, 0.15) is 47.3 Å². The van der Waals surface area contributed by atoms with Crippen LogP contribution in [0.2, 0.25) is 0 Å². The highest BCUT2D eigenvalue weighted by molar-refractivity contribution is 7.18. The molecule has 0 aromatic carbocycles. The number of carbonyl (C=O) groups is 1. The number of thiophene rings is 1. The van der Waals surface area contributed by atoms with Crippen molar-refractivity contribution in [1.29, 1.82) is 0 Å². The maximum atomic E-state index is 11.8. The molecule has 0 radical (unpaired) electrons. The van der Waals surface area contributed by atoms with Gasteiger partial charge < -0.3 is 15.5 Å². The molecular weight excluding hydrogens is 270 g/mol. The van der Waals surface area contributed by atoms with Gasteiger partial charge in [0.2, 0.25) is 0 Å². The van der Waals surface area contributed by atoms with E-state index in [9.17, 15) is 4.79 Å². The molecule has 1 unspecified atom stereocenters. The fourth-order valence-corrected chi connectivity index (χ4v) is 4.29. The van der Waals surface area contributed by atoms with Crippen LogP contribution < -0.4 is 10.6 Å². The first kappa shape index (κ1) is 13.9. The number of ketones is 1. The van der Waals surface area contributed by atoms with E-state index in [4.69, 9.17) is 5.73 Å². The van der Waals surface area contributed by atoms with Crippen LogP contribution >= 0.6 is 11.3 Å². The summed E-state index contributed by atoms with van der Waals surface area (Å²) in [5, 5.41) is 1.26. The second-order valence-corrected chi connectivity index (χ2v) is 7.25. The molecule has 3 rings (SSSR count). The van der Waals surface area contributed by atoms with Crippen molar-refractivity contribution in [2.75, 3.05) is 37.8 Å². The molecule has 2 heterocycles. The number of Topliss-reactive ketones (excluding diaryl/α,β-unsaturated/α-hetero) is 1. The molecule has 4 nitrogen and oxygen atoms in total. The van der Waals surface area contributed by atoms with Gasteiger partial charge in [0.15, 0.2) is 5.78 Å². The van der Waals surface area contributed by atoms with Gasteiger partial charge in [0.1, 0.15) is 0 Å². The SMILES string of the molecule is CC(=O)c1sc(N2CCC(N(C)C)C2)c(C2CC2)c1N. The zero-order valence-electron chi connectivity index (χ0n) is 12.5. The summed E-state index contributed by atoms with van der Waals surface area (Å²) in [6.45, 7) is 3.74. The van der Waals surface area contributed by atoms with Crippen molar-refractivity contribution in [1.82, 2.24) is 4.90 Å². The number of anilines is 2. The summed E-state index contributed by atoms with van der Waals surface area (Å²) in [5.41, 5.74) is 8.28. The number of rotatable bonds is 4. The largest absolute Gasteiger partial charge is 0.397 e. The quantitative estimate of drug-likeness (QED) is 0.867. The van der Waals surface area contributed by atoms with Crippen LogP contribution in [0.4, 0.5) is 10.7 Å². The maximum Gasteiger partial charge on any atom is 0.171 e. The second-order valence-electron chi connectivity index (χ2n) is 6.25. The van der Waals surface area contributed by atoms with Gasteiger partial charge >= 0.3 is 0 Å². The smallest absolute Gasteiger partial charge is 0.171 e. The average Bonchev–Trinajstić information content (AvgIpc) is 2.98. The third-order valence-corrected chi connectivity index (χ3v) is 5.83. The van der Waals surface area contributed by atoms with Gasteiger partial charge in [0.05, 0.1) is 15.6 Å². The fraction of sp³-hybridized carbons (Fsp3) is 0.667. The minimum atomic E-state index is 0.101. The zero-order chi connectivity index (χ0) is 14.4. The minimum Gasteiger partial charge on any atom is -0.397 e. The van der Waals surface area contributed by atoms with Crippen LogP contribution in [0.25, 0.3) is 0 Å². The first-order chi connectivity index (χ1) is 9.49. The topological polar surface area (TPSA) is 49.6 Å². The van der Waals surface area contributed by atoms with Crippen molar-refractivity contribution in [2.24, 2.45) is 0 Å². The molecule has 1 aromatic rings. The van der Waals surface area contributed by atoms with Crippen molar-refractivity contribution in [3.8, 4) is 0 Å². The van der Waals surface area contributed by atoms with Crippen LogP contribution in [0.5, 0.6) is 0 Å². The maximum absolute atomic E-state index is 11.8. The number of nitrogens with two attached hydrogens (primary N) is 1. The summed E-state index contributed by atoms with van der Waals surface area (Å²) >= 11 is 1.61. The molecule has 0 spiro atoms. The molecule has 2 aliphatic rings. The highest BCUT2D eigenvalue weighted by Gasteiger charge is 2.36. The summed E-state index contributed by atoms with van der Waals surface area (Å²) in [5.74, 6) is 0.691.